The van der Waals surface area contributed by atoms with Gasteiger partial charge in [-0.2, -0.15) is 0 Å². The maximum Gasteiger partial charge on any atom is 0.312 e. The van der Waals surface area contributed by atoms with Crippen molar-refractivity contribution >= 4 is 17.6 Å². The predicted molar refractivity (Wildman–Crippen MR) is 128 cm³/mol. The molecular weight excluding hydrogens is 456 g/mol. The summed E-state index contributed by atoms with van der Waals surface area (Å²) in [5.41, 5.74) is 0.558. The monoisotopic (exact) mass is 484 g/mol. The van der Waals surface area contributed by atoms with Crippen molar-refractivity contribution in [1.82, 2.24) is 9.55 Å². The molecule has 2 N–H and O–H groups in total. The van der Waals surface area contributed by atoms with Gasteiger partial charge in [-0.15, -0.1) is 0 Å². The number of carbonyl (C=O) groups is 1. The summed E-state index contributed by atoms with van der Waals surface area (Å²) >= 11 is 6.41. The van der Waals surface area contributed by atoms with Crippen LogP contribution in [0.5, 0.6) is 11.5 Å². The van der Waals surface area contributed by atoms with E-state index < -0.39 is 17.5 Å². The zero-order valence-corrected chi connectivity index (χ0v) is 20.1. The van der Waals surface area contributed by atoms with Crippen LogP contribution >= 0.6 is 11.6 Å². The summed E-state index contributed by atoms with van der Waals surface area (Å²) in [4.78, 5) is 17.1. The normalized spacial score (nSPS) is 15.2. The highest BCUT2D eigenvalue weighted by atomic mass is 35.5. The number of halogens is 1. The van der Waals surface area contributed by atoms with Crippen molar-refractivity contribution in [2.75, 3.05) is 6.79 Å². The third kappa shape index (κ3) is 4.76. The third-order valence-corrected chi connectivity index (χ3v) is 6.76. The number of nitrogens with zero attached hydrogens (tertiary/aromatic N) is 2. The minimum Gasteiger partial charge on any atom is -0.481 e. The molecular formula is C26H29ClN2O5. The molecule has 1 aliphatic heterocycles. The van der Waals surface area contributed by atoms with Crippen molar-refractivity contribution in [2.24, 2.45) is 5.41 Å². The predicted octanol–water partition coefficient (Wildman–Crippen LogP) is 5.02. The maximum atomic E-state index is 12.5. The Morgan fingerprint density at radius 2 is 2.00 bits per heavy atom. The maximum absolute atomic E-state index is 12.5. The average Bonchev–Trinajstić information content (AvgIpc) is 3.45. The molecule has 7 nitrogen and oxygen atoms in total. The van der Waals surface area contributed by atoms with Crippen LogP contribution in [0.15, 0.2) is 48.7 Å². The molecule has 2 heterocycles. The van der Waals surface area contributed by atoms with Gasteiger partial charge in [0, 0.05) is 11.4 Å². The van der Waals surface area contributed by atoms with E-state index in [2.05, 4.69) is 11.9 Å². The Kier molecular flexibility index (Phi) is 7.14. The molecule has 3 aromatic rings. The Balaban J connectivity index is 1.70. The lowest BCUT2D eigenvalue weighted by molar-refractivity contribution is -0.155. The SMILES string of the molecule is CCCCc1ncc(C(O)C(C)(Cc2ccc3c(c2)OCO3)C(=O)O)n1Cc1ccccc1Cl. The molecule has 0 radical (unpaired) electrons. The van der Waals surface area contributed by atoms with Crippen molar-refractivity contribution in [3.05, 3.63) is 76.3 Å². The molecule has 4 rings (SSSR count). The molecule has 0 saturated carbocycles. The van der Waals surface area contributed by atoms with E-state index in [1.54, 1.807) is 31.3 Å². The number of aliphatic hydroxyl groups is 1. The van der Waals surface area contributed by atoms with Crippen LogP contribution in [0.2, 0.25) is 5.02 Å². The number of fused-ring (bicyclic) bond motifs is 1. The second-order valence-electron chi connectivity index (χ2n) is 8.87. The molecule has 2 unspecified atom stereocenters. The van der Waals surface area contributed by atoms with Crippen molar-refractivity contribution in [3.8, 4) is 11.5 Å². The van der Waals surface area contributed by atoms with Crippen LogP contribution in [-0.2, 0) is 24.2 Å². The smallest absolute Gasteiger partial charge is 0.312 e. The zero-order valence-electron chi connectivity index (χ0n) is 19.3. The van der Waals surface area contributed by atoms with Crippen LogP contribution in [0.1, 0.15) is 55.4 Å². The number of aryl methyl sites for hydroxylation is 1. The lowest BCUT2D eigenvalue weighted by Gasteiger charge is -2.31. The summed E-state index contributed by atoms with van der Waals surface area (Å²) in [6.45, 7) is 4.19. The molecule has 180 valence electrons. The van der Waals surface area contributed by atoms with Crippen molar-refractivity contribution in [2.45, 2.75) is 52.2 Å². The first-order chi connectivity index (χ1) is 16.3. The van der Waals surface area contributed by atoms with E-state index in [4.69, 9.17) is 21.1 Å². The molecule has 0 spiro atoms. The number of benzene rings is 2. The largest absolute Gasteiger partial charge is 0.481 e. The number of rotatable bonds is 10. The Bertz CT molecular complexity index is 1180. The van der Waals surface area contributed by atoms with E-state index in [0.717, 1.165) is 36.2 Å². The first-order valence-corrected chi connectivity index (χ1v) is 11.8. The van der Waals surface area contributed by atoms with Crippen LogP contribution in [0, 0.1) is 5.41 Å². The van der Waals surface area contributed by atoms with Gasteiger partial charge in [-0.3, -0.25) is 4.79 Å². The fourth-order valence-corrected chi connectivity index (χ4v) is 4.45. The van der Waals surface area contributed by atoms with Gasteiger partial charge in [-0.1, -0.05) is 49.2 Å². The number of imidazole rings is 1. The summed E-state index contributed by atoms with van der Waals surface area (Å²) in [7, 11) is 0. The second-order valence-corrected chi connectivity index (χ2v) is 9.28. The molecule has 1 aliphatic rings. The first-order valence-electron chi connectivity index (χ1n) is 11.4. The average molecular weight is 485 g/mol. The number of hydrogen-bond acceptors (Lipinski definition) is 5. The van der Waals surface area contributed by atoms with Gasteiger partial charge < -0.3 is 24.3 Å². The number of aliphatic carboxylic acids is 1. The van der Waals surface area contributed by atoms with E-state index in [0.29, 0.717) is 28.8 Å². The van der Waals surface area contributed by atoms with Crippen LogP contribution in [0.3, 0.4) is 0 Å². The molecule has 34 heavy (non-hydrogen) atoms. The zero-order chi connectivity index (χ0) is 24.3. The molecule has 0 amide bonds. The van der Waals surface area contributed by atoms with Gasteiger partial charge in [-0.25, -0.2) is 4.98 Å². The van der Waals surface area contributed by atoms with E-state index in [1.165, 1.54) is 0 Å². The van der Waals surface area contributed by atoms with E-state index >= 15 is 0 Å². The summed E-state index contributed by atoms with van der Waals surface area (Å²) < 4.78 is 12.7. The number of aliphatic hydroxyl groups excluding tert-OH is 1. The van der Waals surface area contributed by atoms with Gasteiger partial charge in [0.2, 0.25) is 6.79 Å². The van der Waals surface area contributed by atoms with E-state index in [9.17, 15) is 15.0 Å². The Labute approximate surface area is 203 Å². The van der Waals surface area contributed by atoms with Gasteiger partial charge in [0.05, 0.1) is 18.4 Å². The van der Waals surface area contributed by atoms with Crippen molar-refractivity contribution < 1.29 is 24.5 Å². The Hall–Kier alpha value is -3.03. The third-order valence-electron chi connectivity index (χ3n) is 6.39. The van der Waals surface area contributed by atoms with Gasteiger partial charge in [0.15, 0.2) is 11.5 Å². The summed E-state index contributed by atoms with van der Waals surface area (Å²) in [5, 5.41) is 22.3. The van der Waals surface area contributed by atoms with Crippen LogP contribution in [0.4, 0.5) is 0 Å². The number of aromatic nitrogens is 2. The summed E-state index contributed by atoms with van der Waals surface area (Å²) in [6, 6.07) is 12.8. The first kappa shape index (κ1) is 24.1. The minimum atomic E-state index is -1.51. The molecule has 0 fully saturated rings. The minimum absolute atomic E-state index is 0.0989. The molecule has 0 bridgehead atoms. The Morgan fingerprint density at radius 1 is 1.24 bits per heavy atom. The summed E-state index contributed by atoms with van der Waals surface area (Å²) in [5.74, 6) is 0.898. The second kappa shape index (κ2) is 10.1. The van der Waals surface area contributed by atoms with Crippen LogP contribution < -0.4 is 9.47 Å². The molecule has 0 saturated heterocycles. The molecule has 2 atom stereocenters. The molecule has 2 aromatic carbocycles. The quantitative estimate of drug-likeness (QED) is 0.419. The standard InChI is InChI=1S/C26H29ClN2O5/c1-3-4-9-23-28-14-20(29(23)15-18-7-5-6-8-19(18)27)24(30)26(2,25(31)32)13-17-10-11-21-22(12-17)34-16-33-21/h5-8,10-12,14,24,30H,3-4,9,13,15-16H2,1-2H3,(H,31,32). The topological polar surface area (TPSA) is 93.8 Å². The highest BCUT2D eigenvalue weighted by Gasteiger charge is 2.43. The van der Waals surface area contributed by atoms with E-state index in [-0.39, 0.29) is 13.2 Å². The Morgan fingerprint density at radius 3 is 2.74 bits per heavy atom. The summed E-state index contributed by atoms with van der Waals surface area (Å²) in [6.07, 6.45) is 3.03. The molecule has 1 aromatic heterocycles. The lowest BCUT2D eigenvalue weighted by Crippen LogP contribution is -2.37. The number of hydrogen-bond donors (Lipinski definition) is 2. The van der Waals surface area contributed by atoms with Gasteiger partial charge in [-0.05, 0) is 49.1 Å². The van der Waals surface area contributed by atoms with Gasteiger partial charge >= 0.3 is 5.97 Å². The van der Waals surface area contributed by atoms with Crippen molar-refractivity contribution in [1.29, 1.82) is 0 Å². The van der Waals surface area contributed by atoms with Crippen LogP contribution in [-0.4, -0.2) is 32.5 Å². The number of ether oxygens (including phenoxy) is 2. The van der Waals surface area contributed by atoms with Crippen LogP contribution in [0.25, 0.3) is 0 Å². The fourth-order valence-electron chi connectivity index (χ4n) is 4.25. The number of carboxylic acids is 1. The number of carboxylic acid groups (broad SMARTS) is 1. The van der Waals surface area contributed by atoms with Crippen molar-refractivity contribution in [3.63, 3.8) is 0 Å². The molecule has 8 heteroatoms. The highest BCUT2D eigenvalue weighted by Crippen LogP contribution is 2.40. The van der Waals surface area contributed by atoms with E-state index in [1.807, 2.05) is 28.8 Å². The fraction of sp³-hybridized carbons (Fsp3) is 0.385. The van der Waals surface area contributed by atoms with Gasteiger partial charge in [0.1, 0.15) is 17.3 Å². The molecule has 0 aliphatic carbocycles. The van der Waals surface area contributed by atoms with Gasteiger partial charge in [0.25, 0.3) is 0 Å². The highest BCUT2D eigenvalue weighted by molar-refractivity contribution is 6.31. The lowest BCUT2D eigenvalue weighted by atomic mass is 9.77. The number of unbranched alkanes of at least 4 members (excludes halogenated alkanes) is 1.